The number of benzene rings is 1. The van der Waals surface area contributed by atoms with Gasteiger partial charge in [-0.2, -0.15) is 0 Å². The third-order valence-electron chi connectivity index (χ3n) is 4.26. The molecule has 3 rings (SSSR count). The van der Waals surface area contributed by atoms with E-state index in [-0.39, 0.29) is 0 Å². The van der Waals surface area contributed by atoms with Crippen molar-refractivity contribution < 1.29 is 0 Å². The highest BCUT2D eigenvalue weighted by Crippen LogP contribution is 2.21. The summed E-state index contributed by atoms with van der Waals surface area (Å²) in [4.78, 5) is 10.3. The van der Waals surface area contributed by atoms with Gasteiger partial charge in [0.1, 0.15) is 5.65 Å². The van der Waals surface area contributed by atoms with E-state index in [0.717, 1.165) is 36.8 Å². The van der Waals surface area contributed by atoms with Crippen molar-refractivity contribution in [3.63, 3.8) is 0 Å². The summed E-state index contributed by atoms with van der Waals surface area (Å²) in [6, 6.07) is 14.6. The summed E-state index contributed by atoms with van der Waals surface area (Å²) in [5, 5.41) is 7.23. The number of nitrogens with one attached hydrogen (secondary N) is 2. The monoisotopic (exact) mass is 381 g/mol. The molecule has 0 fully saturated rings. The van der Waals surface area contributed by atoms with Crippen molar-refractivity contribution >= 4 is 23.4 Å². The number of aryl methyl sites for hydroxylation is 1. The molecule has 142 valence electrons. The summed E-state index contributed by atoms with van der Waals surface area (Å²) in [6.45, 7) is 5.96. The van der Waals surface area contributed by atoms with Crippen molar-refractivity contribution in [2.45, 2.75) is 30.4 Å². The average molecular weight is 382 g/mol. The fourth-order valence-corrected chi connectivity index (χ4v) is 3.81. The Bertz CT molecular complexity index is 888. The third-order valence-corrected chi connectivity index (χ3v) is 5.38. The molecule has 5 nitrogen and oxygen atoms in total. The van der Waals surface area contributed by atoms with Crippen LogP contribution in [-0.2, 0) is 6.42 Å². The van der Waals surface area contributed by atoms with Crippen LogP contribution in [0.1, 0.15) is 18.2 Å². The lowest BCUT2D eigenvalue weighted by atomic mass is 10.3. The second-order valence-electron chi connectivity index (χ2n) is 6.53. The largest absolute Gasteiger partial charge is 0.356 e. The van der Waals surface area contributed by atoms with Crippen LogP contribution in [-0.4, -0.2) is 40.7 Å². The number of aliphatic imine (C=N–C) groups is 1. The zero-order valence-corrected chi connectivity index (χ0v) is 17.0. The average Bonchev–Trinajstić information content (AvgIpc) is 3.10. The normalized spacial score (nSPS) is 12.9. The lowest BCUT2D eigenvalue weighted by molar-refractivity contribution is 0.775. The SMILES string of the molecule is CN=C(NCCc1cn2cccc(C)c2n1)NCC(C)Sc1ccccc1. The first kappa shape index (κ1) is 19.3. The number of aromatic nitrogens is 2. The van der Waals surface area contributed by atoms with E-state index >= 15 is 0 Å². The summed E-state index contributed by atoms with van der Waals surface area (Å²) in [5.41, 5.74) is 3.31. The first-order chi connectivity index (χ1) is 13.2. The van der Waals surface area contributed by atoms with E-state index in [9.17, 15) is 0 Å². The lowest BCUT2D eigenvalue weighted by Crippen LogP contribution is -2.40. The van der Waals surface area contributed by atoms with E-state index in [2.05, 4.69) is 70.4 Å². The summed E-state index contributed by atoms with van der Waals surface area (Å²) in [5.74, 6) is 0.829. The molecule has 0 saturated heterocycles. The van der Waals surface area contributed by atoms with Crippen LogP contribution >= 0.6 is 11.8 Å². The second kappa shape index (κ2) is 9.46. The van der Waals surface area contributed by atoms with Crippen molar-refractivity contribution in [1.82, 2.24) is 20.0 Å². The van der Waals surface area contributed by atoms with Crippen LogP contribution in [0.15, 0.2) is 64.7 Å². The van der Waals surface area contributed by atoms with Crippen molar-refractivity contribution in [2.24, 2.45) is 4.99 Å². The van der Waals surface area contributed by atoms with E-state index in [0.29, 0.717) is 5.25 Å². The van der Waals surface area contributed by atoms with Crippen LogP contribution in [0.25, 0.3) is 5.65 Å². The molecule has 1 atom stereocenters. The van der Waals surface area contributed by atoms with Gasteiger partial charge >= 0.3 is 0 Å². The molecule has 2 aromatic heterocycles. The Morgan fingerprint density at radius 1 is 1.19 bits per heavy atom. The first-order valence-corrected chi connectivity index (χ1v) is 10.1. The Kier molecular flexibility index (Phi) is 6.76. The zero-order chi connectivity index (χ0) is 19.1. The molecule has 0 aliphatic rings. The van der Waals surface area contributed by atoms with E-state index in [1.54, 1.807) is 7.05 Å². The van der Waals surface area contributed by atoms with E-state index in [4.69, 9.17) is 4.98 Å². The van der Waals surface area contributed by atoms with Crippen molar-refractivity contribution in [3.8, 4) is 0 Å². The van der Waals surface area contributed by atoms with Crippen LogP contribution in [0, 0.1) is 6.92 Å². The fourth-order valence-electron chi connectivity index (χ4n) is 2.87. The molecule has 3 aromatic rings. The van der Waals surface area contributed by atoms with Gasteiger partial charge in [-0.3, -0.25) is 4.99 Å². The number of guanidine groups is 1. The quantitative estimate of drug-likeness (QED) is 0.373. The molecule has 0 aliphatic carbocycles. The van der Waals surface area contributed by atoms with E-state index in [1.807, 2.05) is 30.1 Å². The van der Waals surface area contributed by atoms with Crippen LogP contribution in [0.3, 0.4) is 0 Å². The summed E-state index contributed by atoms with van der Waals surface area (Å²) in [7, 11) is 1.80. The van der Waals surface area contributed by atoms with Crippen LogP contribution < -0.4 is 10.6 Å². The number of rotatable bonds is 7. The highest BCUT2D eigenvalue weighted by molar-refractivity contribution is 8.00. The number of hydrogen-bond acceptors (Lipinski definition) is 3. The predicted molar refractivity (Wildman–Crippen MR) is 115 cm³/mol. The molecule has 1 unspecified atom stereocenters. The molecule has 0 saturated carbocycles. The molecule has 0 amide bonds. The van der Waals surface area contributed by atoms with Gasteiger partial charge in [0, 0.05) is 49.1 Å². The van der Waals surface area contributed by atoms with E-state index < -0.39 is 0 Å². The molecular formula is C21H27N5S. The van der Waals surface area contributed by atoms with Gasteiger partial charge in [0.25, 0.3) is 0 Å². The summed E-state index contributed by atoms with van der Waals surface area (Å²) in [6.07, 6.45) is 4.99. The molecular weight excluding hydrogens is 354 g/mol. The zero-order valence-electron chi connectivity index (χ0n) is 16.1. The Morgan fingerprint density at radius 3 is 2.74 bits per heavy atom. The van der Waals surface area contributed by atoms with E-state index in [1.165, 1.54) is 10.5 Å². The lowest BCUT2D eigenvalue weighted by Gasteiger charge is -2.15. The topological polar surface area (TPSA) is 53.7 Å². The summed E-state index contributed by atoms with van der Waals surface area (Å²) >= 11 is 1.86. The molecule has 27 heavy (non-hydrogen) atoms. The van der Waals surface area contributed by atoms with Crippen LogP contribution in [0.2, 0.25) is 0 Å². The van der Waals surface area contributed by atoms with Crippen LogP contribution in [0.4, 0.5) is 0 Å². The highest BCUT2D eigenvalue weighted by atomic mass is 32.2. The Balaban J connectivity index is 1.44. The third kappa shape index (κ3) is 5.50. The number of pyridine rings is 1. The maximum atomic E-state index is 4.72. The second-order valence-corrected chi connectivity index (χ2v) is 8.04. The minimum atomic E-state index is 0.451. The maximum absolute atomic E-state index is 4.72. The molecule has 2 heterocycles. The molecule has 2 N–H and O–H groups in total. The van der Waals surface area contributed by atoms with Crippen molar-refractivity contribution in [2.75, 3.05) is 20.1 Å². The fraction of sp³-hybridized carbons (Fsp3) is 0.333. The van der Waals surface area contributed by atoms with Gasteiger partial charge in [-0.1, -0.05) is 31.2 Å². The number of hydrogen-bond donors (Lipinski definition) is 2. The van der Waals surface area contributed by atoms with Gasteiger partial charge in [-0.25, -0.2) is 4.98 Å². The Morgan fingerprint density at radius 2 is 2.00 bits per heavy atom. The first-order valence-electron chi connectivity index (χ1n) is 9.25. The number of thioether (sulfide) groups is 1. The molecule has 1 aromatic carbocycles. The number of fused-ring (bicyclic) bond motifs is 1. The highest BCUT2D eigenvalue weighted by Gasteiger charge is 2.07. The molecule has 0 aliphatic heterocycles. The standard InChI is InChI=1S/C21H27N5S/c1-16-8-7-13-26-15-18(25-20(16)26)11-12-23-21(22-3)24-14-17(2)27-19-9-5-4-6-10-19/h4-10,13,15,17H,11-12,14H2,1-3H3,(H2,22,23,24). The van der Waals surface area contributed by atoms with Crippen molar-refractivity contribution in [3.05, 3.63) is 66.1 Å². The van der Waals surface area contributed by atoms with Gasteiger partial charge in [0.2, 0.25) is 0 Å². The van der Waals surface area contributed by atoms with Crippen LogP contribution in [0.5, 0.6) is 0 Å². The smallest absolute Gasteiger partial charge is 0.191 e. The predicted octanol–water partition coefficient (Wildman–Crippen LogP) is 3.53. The molecule has 0 radical (unpaired) electrons. The Hall–Kier alpha value is -2.47. The number of nitrogens with zero attached hydrogens (tertiary/aromatic N) is 3. The van der Waals surface area contributed by atoms with Gasteiger partial charge in [-0.05, 0) is 30.7 Å². The molecule has 0 bridgehead atoms. The van der Waals surface area contributed by atoms with Gasteiger partial charge in [0.15, 0.2) is 5.96 Å². The van der Waals surface area contributed by atoms with Gasteiger partial charge in [0.05, 0.1) is 5.69 Å². The van der Waals surface area contributed by atoms with Gasteiger partial charge in [-0.15, -0.1) is 11.8 Å². The minimum absolute atomic E-state index is 0.451. The summed E-state index contributed by atoms with van der Waals surface area (Å²) < 4.78 is 2.08. The molecule has 0 spiro atoms. The minimum Gasteiger partial charge on any atom is -0.356 e. The van der Waals surface area contributed by atoms with Crippen molar-refractivity contribution in [1.29, 1.82) is 0 Å². The number of imidazole rings is 1. The maximum Gasteiger partial charge on any atom is 0.191 e. The van der Waals surface area contributed by atoms with Gasteiger partial charge < -0.3 is 15.0 Å². The Labute approximate surface area is 165 Å². The molecule has 6 heteroatoms.